The van der Waals surface area contributed by atoms with E-state index >= 15 is 0 Å². The highest BCUT2D eigenvalue weighted by molar-refractivity contribution is 5.95. The van der Waals surface area contributed by atoms with Gasteiger partial charge in [-0.05, 0) is 35.2 Å². The van der Waals surface area contributed by atoms with Crippen LogP contribution in [0, 0.1) is 0 Å². The number of hydrogen-bond donors (Lipinski definition) is 1. The molecule has 5 heteroatoms. The van der Waals surface area contributed by atoms with Crippen molar-refractivity contribution >= 4 is 11.6 Å². The lowest BCUT2D eigenvalue weighted by atomic mass is 9.96. The average Bonchev–Trinajstić information content (AvgIpc) is 3.26. The van der Waals surface area contributed by atoms with Crippen molar-refractivity contribution in [2.24, 2.45) is 0 Å². The number of ether oxygens (including phenoxy) is 2. The summed E-state index contributed by atoms with van der Waals surface area (Å²) in [6.45, 7) is 2.12. The van der Waals surface area contributed by atoms with E-state index < -0.39 is 0 Å². The second-order valence-electron chi connectivity index (χ2n) is 7.76. The Hall–Kier alpha value is -3.73. The number of benzene rings is 3. The number of fused-ring (bicyclic) bond motifs is 2. The molecule has 3 aromatic rings. The van der Waals surface area contributed by atoms with E-state index in [4.69, 9.17) is 9.47 Å². The molecule has 3 aromatic carbocycles. The maximum Gasteiger partial charge on any atom is 0.249 e. The van der Waals surface area contributed by atoms with Gasteiger partial charge in [0.1, 0.15) is 0 Å². The van der Waals surface area contributed by atoms with E-state index in [1.54, 1.807) is 6.08 Å². The summed E-state index contributed by atoms with van der Waals surface area (Å²) in [7, 11) is 0. The van der Waals surface area contributed by atoms with Crippen molar-refractivity contribution in [1.82, 2.24) is 10.2 Å². The third-order valence-electron chi connectivity index (χ3n) is 5.61. The van der Waals surface area contributed by atoms with Crippen molar-refractivity contribution in [1.29, 1.82) is 0 Å². The summed E-state index contributed by atoms with van der Waals surface area (Å²) in [5.41, 5.74) is 5.20. The topological polar surface area (TPSA) is 50.8 Å². The first-order chi connectivity index (χ1) is 15.3. The Labute approximate surface area is 181 Å². The molecule has 0 aliphatic carbocycles. The molecule has 1 N–H and O–H groups in total. The van der Waals surface area contributed by atoms with Gasteiger partial charge >= 0.3 is 0 Å². The Morgan fingerprint density at radius 2 is 1.52 bits per heavy atom. The van der Waals surface area contributed by atoms with E-state index in [0.29, 0.717) is 13.1 Å². The third-order valence-corrected chi connectivity index (χ3v) is 5.61. The largest absolute Gasteiger partial charge is 0.454 e. The number of amides is 1. The van der Waals surface area contributed by atoms with Gasteiger partial charge in [0.25, 0.3) is 0 Å². The van der Waals surface area contributed by atoms with Crippen LogP contribution in [0.25, 0.3) is 5.70 Å². The molecule has 2 aliphatic heterocycles. The highest BCUT2D eigenvalue weighted by Crippen LogP contribution is 2.38. The summed E-state index contributed by atoms with van der Waals surface area (Å²) >= 11 is 0. The fourth-order valence-electron chi connectivity index (χ4n) is 4.03. The van der Waals surface area contributed by atoms with Gasteiger partial charge in [-0.3, -0.25) is 4.79 Å². The monoisotopic (exact) mass is 412 g/mol. The molecule has 0 spiro atoms. The molecule has 2 aliphatic rings. The van der Waals surface area contributed by atoms with Crippen LogP contribution >= 0.6 is 0 Å². The van der Waals surface area contributed by atoms with Gasteiger partial charge in [0.2, 0.25) is 12.7 Å². The van der Waals surface area contributed by atoms with E-state index in [1.165, 1.54) is 5.56 Å². The Bertz CT molecular complexity index is 1070. The summed E-state index contributed by atoms with van der Waals surface area (Å²) in [6, 6.07) is 24.2. The van der Waals surface area contributed by atoms with E-state index in [9.17, 15) is 4.79 Å². The Kier molecular flexibility index (Phi) is 5.31. The van der Waals surface area contributed by atoms with Crippen LogP contribution in [0.2, 0.25) is 0 Å². The zero-order chi connectivity index (χ0) is 21.0. The van der Waals surface area contributed by atoms with Crippen molar-refractivity contribution in [2.75, 3.05) is 13.3 Å². The first-order valence-electron chi connectivity index (χ1n) is 10.5. The molecule has 31 heavy (non-hydrogen) atoms. The lowest BCUT2D eigenvalue weighted by Gasteiger charge is -2.25. The molecular weight excluding hydrogens is 388 g/mol. The number of nitrogens with zero attached hydrogens (tertiary/aromatic N) is 1. The first kappa shape index (κ1) is 19.2. The second-order valence-corrected chi connectivity index (χ2v) is 7.76. The van der Waals surface area contributed by atoms with Crippen LogP contribution in [0.3, 0.4) is 0 Å². The second kappa shape index (κ2) is 8.56. The van der Waals surface area contributed by atoms with Crippen LogP contribution in [-0.4, -0.2) is 24.1 Å². The van der Waals surface area contributed by atoms with Crippen molar-refractivity contribution in [3.63, 3.8) is 0 Å². The minimum atomic E-state index is -0.0271. The highest BCUT2D eigenvalue weighted by atomic mass is 16.7. The molecule has 0 radical (unpaired) electrons. The predicted octanol–water partition coefficient (Wildman–Crippen LogP) is 4.13. The molecule has 0 atom stereocenters. The fraction of sp³-hybridized carbons (Fsp3) is 0.192. The van der Waals surface area contributed by atoms with Gasteiger partial charge in [0.05, 0.1) is 0 Å². The van der Waals surface area contributed by atoms with Gasteiger partial charge < -0.3 is 19.7 Å². The third kappa shape index (κ3) is 4.26. The van der Waals surface area contributed by atoms with E-state index in [1.807, 2.05) is 77.7 Å². The quantitative estimate of drug-likeness (QED) is 0.640. The zero-order valence-corrected chi connectivity index (χ0v) is 17.2. The molecule has 5 nitrogen and oxygen atoms in total. The molecule has 0 unspecified atom stereocenters. The van der Waals surface area contributed by atoms with Crippen LogP contribution in [0.5, 0.6) is 11.5 Å². The lowest BCUT2D eigenvalue weighted by Crippen LogP contribution is -2.30. The molecule has 2 heterocycles. The van der Waals surface area contributed by atoms with Crippen molar-refractivity contribution in [2.45, 2.75) is 19.5 Å². The summed E-state index contributed by atoms with van der Waals surface area (Å²) < 4.78 is 11.1. The molecule has 5 rings (SSSR count). The van der Waals surface area contributed by atoms with Gasteiger partial charge in [-0.2, -0.15) is 0 Å². The van der Waals surface area contributed by atoms with Gasteiger partial charge in [-0.1, -0.05) is 60.7 Å². The predicted molar refractivity (Wildman–Crippen MR) is 119 cm³/mol. The normalized spacial score (nSPS) is 15.3. The number of hydrogen-bond acceptors (Lipinski definition) is 4. The molecule has 0 fully saturated rings. The van der Waals surface area contributed by atoms with Gasteiger partial charge in [-0.15, -0.1) is 0 Å². The lowest BCUT2D eigenvalue weighted by molar-refractivity contribution is -0.127. The van der Waals surface area contributed by atoms with Gasteiger partial charge in [0, 0.05) is 37.0 Å². The minimum absolute atomic E-state index is 0.0271. The SMILES string of the molecule is O=C(C=C1NCCc2cc3c(cc21)OCO3)N(Cc1ccccc1)Cc1ccccc1. The highest BCUT2D eigenvalue weighted by Gasteiger charge is 2.23. The number of carbonyl (C=O) groups excluding carboxylic acids is 1. The van der Waals surface area contributed by atoms with Crippen LogP contribution in [0.15, 0.2) is 78.9 Å². The molecule has 156 valence electrons. The molecule has 1 amide bonds. The van der Waals surface area contributed by atoms with Crippen molar-refractivity contribution in [3.05, 3.63) is 101 Å². The Morgan fingerprint density at radius 1 is 0.903 bits per heavy atom. The number of rotatable bonds is 5. The summed E-state index contributed by atoms with van der Waals surface area (Å²) in [5, 5.41) is 3.40. The molecule has 0 saturated carbocycles. The molecule has 0 bridgehead atoms. The van der Waals surface area contributed by atoms with Crippen LogP contribution < -0.4 is 14.8 Å². The standard InChI is InChI=1S/C26H24N2O3/c29-26(15-23-22-14-25-24(30-18-31-25)13-21(22)11-12-27-23)28(16-19-7-3-1-4-8-19)17-20-9-5-2-6-10-20/h1-10,13-15,27H,11-12,16-18H2. The average molecular weight is 412 g/mol. The van der Waals surface area contributed by atoms with Crippen LogP contribution in [0.1, 0.15) is 22.3 Å². The van der Waals surface area contributed by atoms with Crippen LogP contribution in [0.4, 0.5) is 0 Å². The minimum Gasteiger partial charge on any atom is -0.454 e. The summed E-state index contributed by atoms with van der Waals surface area (Å²) in [4.78, 5) is 15.3. The maximum absolute atomic E-state index is 13.4. The number of nitrogens with one attached hydrogen (secondary N) is 1. The fourth-order valence-corrected chi connectivity index (χ4v) is 4.03. The van der Waals surface area contributed by atoms with Gasteiger partial charge in [-0.25, -0.2) is 0 Å². The van der Waals surface area contributed by atoms with E-state index in [-0.39, 0.29) is 12.7 Å². The molecular formula is C26H24N2O3. The van der Waals surface area contributed by atoms with Crippen molar-refractivity contribution < 1.29 is 14.3 Å². The maximum atomic E-state index is 13.4. The first-order valence-corrected chi connectivity index (χ1v) is 10.5. The molecule has 0 saturated heterocycles. The van der Waals surface area contributed by atoms with E-state index in [0.717, 1.165) is 46.9 Å². The zero-order valence-electron chi connectivity index (χ0n) is 17.2. The summed E-state index contributed by atoms with van der Waals surface area (Å²) in [6.07, 6.45) is 2.60. The number of carbonyl (C=O) groups is 1. The van der Waals surface area contributed by atoms with Crippen LogP contribution in [-0.2, 0) is 24.3 Å². The Balaban J connectivity index is 1.45. The van der Waals surface area contributed by atoms with Crippen molar-refractivity contribution in [3.8, 4) is 11.5 Å². The van der Waals surface area contributed by atoms with E-state index in [2.05, 4.69) is 5.32 Å². The Morgan fingerprint density at radius 3 is 2.16 bits per heavy atom. The summed E-state index contributed by atoms with van der Waals surface area (Å²) in [5.74, 6) is 1.48. The van der Waals surface area contributed by atoms with Gasteiger partial charge in [0.15, 0.2) is 11.5 Å². The smallest absolute Gasteiger partial charge is 0.249 e. The molecule has 0 aromatic heterocycles.